The Bertz CT molecular complexity index is 465. The lowest BCUT2D eigenvalue weighted by Crippen LogP contribution is -2.30. The van der Waals surface area contributed by atoms with Crippen LogP contribution in [-0.2, 0) is 17.9 Å². The van der Waals surface area contributed by atoms with E-state index in [0.717, 1.165) is 17.0 Å². The molecule has 1 aromatic heterocycles. The molecule has 18 heavy (non-hydrogen) atoms. The molecule has 0 saturated heterocycles. The van der Waals surface area contributed by atoms with Gasteiger partial charge in [-0.3, -0.25) is 9.89 Å². The molecule has 1 amide bonds. The van der Waals surface area contributed by atoms with Crippen LogP contribution in [0.15, 0.2) is 0 Å². The first-order chi connectivity index (χ1) is 8.28. The Morgan fingerprint density at radius 1 is 1.44 bits per heavy atom. The van der Waals surface area contributed by atoms with Crippen LogP contribution >= 0.6 is 0 Å². The standard InChI is InChI=1S/C11H14F3N3O/c1-6(2)10-7-4-17(5-8(7)15-16-10)9(18)3-11(12,13)14/h6H,3-5H2,1-2H3,(H,15,16). The zero-order chi connectivity index (χ0) is 13.5. The van der Waals surface area contributed by atoms with Crippen molar-refractivity contribution in [3.63, 3.8) is 0 Å². The fourth-order valence-electron chi connectivity index (χ4n) is 2.10. The highest BCUT2D eigenvalue weighted by atomic mass is 19.4. The molecular formula is C11H14F3N3O. The topological polar surface area (TPSA) is 49.0 Å². The second-order valence-corrected chi connectivity index (χ2v) is 4.76. The summed E-state index contributed by atoms with van der Waals surface area (Å²) < 4.78 is 36.5. The Labute approximate surface area is 102 Å². The van der Waals surface area contributed by atoms with Gasteiger partial charge in [0.05, 0.1) is 17.9 Å². The van der Waals surface area contributed by atoms with Crippen molar-refractivity contribution < 1.29 is 18.0 Å². The Kier molecular flexibility index (Phi) is 3.08. The Hall–Kier alpha value is -1.53. The molecule has 7 heteroatoms. The number of H-pyrrole nitrogens is 1. The number of hydrogen-bond acceptors (Lipinski definition) is 2. The van der Waals surface area contributed by atoms with Gasteiger partial charge >= 0.3 is 6.18 Å². The maximum Gasteiger partial charge on any atom is 0.397 e. The Morgan fingerprint density at radius 3 is 2.67 bits per heavy atom. The van der Waals surface area contributed by atoms with Gasteiger partial charge in [-0.15, -0.1) is 0 Å². The highest BCUT2D eigenvalue weighted by molar-refractivity contribution is 5.77. The van der Waals surface area contributed by atoms with Crippen molar-refractivity contribution in [1.29, 1.82) is 0 Å². The number of carbonyl (C=O) groups is 1. The monoisotopic (exact) mass is 261 g/mol. The van der Waals surface area contributed by atoms with E-state index in [-0.39, 0.29) is 19.0 Å². The summed E-state index contributed by atoms with van der Waals surface area (Å²) in [5, 5.41) is 6.91. The van der Waals surface area contributed by atoms with E-state index < -0.39 is 18.5 Å². The largest absolute Gasteiger partial charge is 0.397 e. The number of fused-ring (bicyclic) bond motifs is 1. The molecule has 100 valence electrons. The molecular weight excluding hydrogens is 247 g/mol. The van der Waals surface area contributed by atoms with Crippen LogP contribution in [0.5, 0.6) is 0 Å². The van der Waals surface area contributed by atoms with Crippen LogP contribution in [0.1, 0.15) is 43.1 Å². The van der Waals surface area contributed by atoms with Crippen LogP contribution in [-0.4, -0.2) is 27.2 Å². The highest BCUT2D eigenvalue weighted by Gasteiger charge is 2.36. The average Bonchev–Trinajstić information content (AvgIpc) is 2.70. The number of aromatic nitrogens is 2. The normalized spacial score (nSPS) is 15.3. The second-order valence-electron chi connectivity index (χ2n) is 4.76. The maximum absolute atomic E-state index is 12.2. The molecule has 1 aliphatic heterocycles. The number of nitrogens with zero attached hydrogens (tertiary/aromatic N) is 2. The van der Waals surface area contributed by atoms with Gasteiger partial charge in [-0.25, -0.2) is 0 Å². The fourth-order valence-corrected chi connectivity index (χ4v) is 2.10. The van der Waals surface area contributed by atoms with E-state index in [0.29, 0.717) is 0 Å². The third-order valence-electron chi connectivity index (χ3n) is 2.93. The molecule has 0 aromatic carbocycles. The molecule has 0 saturated carbocycles. The number of halogens is 3. The van der Waals surface area contributed by atoms with Gasteiger partial charge in [0.25, 0.3) is 0 Å². The molecule has 0 atom stereocenters. The van der Waals surface area contributed by atoms with Gasteiger partial charge < -0.3 is 4.90 Å². The summed E-state index contributed by atoms with van der Waals surface area (Å²) in [6.45, 7) is 4.31. The maximum atomic E-state index is 12.2. The summed E-state index contributed by atoms with van der Waals surface area (Å²) >= 11 is 0. The van der Waals surface area contributed by atoms with E-state index in [4.69, 9.17) is 0 Å². The molecule has 4 nitrogen and oxygen atoms in total. The summed E-state index contributed by atoms with van der Waals surface area (Å²) in [5.74, 6) is -0.704. The van der Waals surface area contributed by atoms with Crippen LogP contribution < -0.4 is 0 Å². The van der Waals surface area contributed by atoms with E-state index in [1.165, 1.54) is 4.90 Å². The third-order valence-corrected chi connectivity index (χ3v) is 2.93. The van der Waals surface area contributed by atoms with E-state index >= 15 is 0 Å². The molecule has 1 aliphatic rings. The number of aromatic amines is 1. The number of alkyl halides is 3. The van der Waals surface area contributed by atoms with Gasteiger partial charge in [0, 0.05) is 12.1 Å². The first kappa shape index (κ1) is 12.9. The minimum absolute atomic E-state index is 0.183. The SMILES string of the molecule is CC(C)c1n[nH]c2c1CN(C(=O)CC(F)(F)F)C2. The molecule has 2 heterocycles. The van der Waals surface area contributed by atoms with Gasteiger partial charge in [0.2, 0.25) is 5.91 Å². The van der Waals surface area contributed by atoms with Crippen molar-refractivity contribution in [3.05, 3.63) is 17.0 Å². The molecule has 2 rings (SSSR count). The van der Waals surface area contributed by atoms with Crippen molar-refractivity contribution in [3.8, 4) is 0 Å². The number of hydrogen-bond donors (Lipinski definition) is 1. The van der Waals surface area contributed by atoms with Crippen molar-refractivity contribution in [2.75, 3.05) is 0 Å². The first-order valence-electron chi connectivity index (χ1n) is 5.68. The lowest BCUT2D eigenvalue weighted by atomic mass is 10.1. The van der Waals surface area contributed by atoms with Gasteiger partial charge in [-0.2, -0.15) is 18.3 Å². The van der Waals surface area contributed by atoms with Crippen LogP contribution in [0.25, 0.3) is 0 Å². The minimum atomic E-state index is -4.45. The first-order valence-corrected chi connectivity index (χ1v) is 5.68. The lowest BCUT2D eigenvalue weighted by Gasteiger charge is -2.17. The van der Waals surface area contributed by atoms with Crippen LogP contribution in [0, 0.1) is 0 Å². The van der Waals surface area contributed by atoms with E-state index in [1.807, 2.05) is 13.8 Å². The summed E-state index contributed by atoms with van der Waals surface area (Å²) in [5.41, 5.74) is 2.43. The molecule has 0 spiro atoms. The van der Waals surface area contributed by atoms with Crippen molar-refractivity contribution in [2.45, 2.75) is 45.5 Å². The average molecular weight is 261 g/mol. The zero-order valence-corrected chi connectivity index (χ0v) is 10.1. The molecule has 0 unspecified atom stereocenters. The zero-order valence-electron chi connectivity index (χ0n) is 10.1. The van der Waals surface area contributed by atoms with E-state index in [2.05, 4.69) is 10.2 Å². The van der Waals surface area contributed by atoms with Crippen molar-refractivity contribution >= 4 is 5.91 Å². The summed E-state index contributed by atoms with van der Waals surface area (Å²) in [4.78, 5) is 12.7. The number of carbonyl (C=O) groups excluding carboxylic acids is 1. The van der Waals surface area contributed by atoms with Crippen LogP contribution in [0.3, 0.4) is 0 Å². The smallest absolute Gasteiger partial charge is 0.332 e. The van der Waals surface area contributed by atoms with Crippen molar-refractivity contribution in [1.82, 2.24) is 15.1 Å². The van der Waals surface area contributed by atoms with E-state index in [1.54, 1.807) is 0 Å². The van der Waals surface area contributed by atoms with Gasteiger partial charge in [0.15, 0.2) is 0 Å². The minimum Gasteiger partial charge on any atom is -0.332 e. The van der Waals surface area contributed by atoms with Gasteiger partial charge in [0.1, 0.15) is 6.42 Å². The quantitative estimate of drug-likeness (QED) is 0.888. The fraction of sp³-hybridized carbons (Fsp3) is 0.636. The second kappa shape index (κ2) is 4.29. The summed E-state index contributed by atoms with van der Waals surface area (Å²) in [6, 6.07) is 0. The number of rotatable bonds is 2. The molecule has 0 aliphatic carbocycles. The Morgan fingerprint density at radius 2 is 2.11 bits per heavy atom. The molecule has 1 N–H and O–H groups in total. The predicted molar refractivity (Wildman–Crippen MR) is 57.6 cm³/mol. The van der Waals surface area contributed by atoms with Gasteiger partial charge in [-0.05, 0) is 5.92 Å². The number of nitrogens with one attached hydrogen (secondary N) is 1. The number of amides is 1. The molecule has 0 fully saturated rings. The molecule has 0 radical (unpaired) electrons. The van der Waals surface area contributed by atoms with Gasteiger partial charge in [-0.1, -0.05) is 13.8 Å². The lowest BCUT2D eigenvalue weighted by molar-refractivity contribution is -0.161. The van der Waals surface area contributed by atoms with Crippen LogP contribution in [0.2, 0.25) is 0 Å². The third kappa shape index (κ3) is 2.49. The van der Waals surface area contributed by atoms with Crippen LogP contribution in [0.4, 0.5) is 13.2 Å². The van der Waals surface area contributed by atoms with E-state index in [9.17, 15) is 18.0 Å². The summed E-state index contributed by atoms with van der Waals surface area (Å²) in [7, 11) is 0. The highest BCUT2D eigenvalue weighted by Crippen LogP contribution is 2.30. The predicted octanol–water partition coefficient (Wildman–Crippen LogP) is 2.33. The van der Waals surface area contributed by atoms with Crippen molar-refractivity contribution in [2.24, 2.45) is 0 Å². The Balaban J connectivity index is 2.08. The summed E-state index contributed by atoms with van der Waals surface area (Å²) in [6.07, 6.45) is -5.85. The molecule has 1 aromatic rings. The molecule has 0 bridgehead atoms.